The smallest absolute Gasteiger partial charge is 0.411 e. The molecule has 1 heterocycles. The van der Waals surface area contributed by atoms with Crippen molar-refractivity contribution in [3.8, 4) is 0 Å². The largest absolute Gasteiger partial charge is 0.446 e. The molecule has 4 rings (SSSR count). The topological polar surface area (TPSA) is 110 Å². The predicted octanol–water partition coefficient (Wildman–Crippen LogP) is 9.50. The van der Waals surface area contributed by atoms with Gasteiger partial charge in [0.1, 0.15) is 12.2 Å². The summed E-state index contributed by atoms with van der Waals surface area (Å²) in [7, 11) is 0. The number of benzene rings is 1. The second-order valence-corrected chi connectivity index (χ2v) is 13.7. The maximum Gasteiger partial charge on any atom is 0.411 e. The fourth-order valence-corrected chi connectivity index (χ4v) is 6.40. The number of piperidine rings is 1. The van der Waals surface area contributed by atoms with Gasteiger partial charge in [-0.05, 0) is 86.8 Å². The van der Waals surface area contributed by atoms with E-state index in [0.717, 1.165) is 106 Å². The van der Waals surface area contributed by atoms with Crippen LogP contribution < -0.4 is 16.0 Å². The van der Waals surface area contributed by atoms with Gasteiger partial charge in [-0.15, -0.1) is 0 Å². The van der Waals surface area contributed by atoms with E-state index in [1.807, 2.05) is 107 Å². The van der Waals surface area contributed by atoms with E-state index in [9.17, 15) is 9.59 Å². The van der Waals surface area contributed by atoms with Crippen LogP contribution in [0.3, 0.4) is 0 Å². The fraction of sp³-hybridized carbons (Fsp3) is 0.458. The molecule has 0 radical (unpaired) electrons. The minimum atomic E-state index is -0.427. The van der Waals surface area contributed by atoms with Gasteiger partial charge in [-0.25, -0.2) is 9.59 Å². The van der Waals surface area contributed by atoms with Crippen molar-refractivity contribution >= 4 is 17.8 Å². The van der Waals surface area contributed by atoms with Gasteiger partial charge in [-0.1, -0.05) is 124 Å². The zero-order chi connectivity index (χ0) is 41.5. The first kappa shape index (κ1) is 47.6. The van der Waals surface area contributed by atoms with E-state index in [1.165, 1.54) is 0 Å². The molecule has 10 heteroatoms. The Morgan fingerprint density at radius 2 is 1.66 bits per heavy atom. The van der Waals surface area contributed by atoms with Crippen LogP contribution in [0, 0.1) is 0 Å². The van der Waals surface area contributed by atoms with Gasteiger partial charge in [0.25, 0.3) is 0 Å². The first-order valence-corrected chi connectivity index (χ1v) is 21.2. The number of likely N-dealkylation sites (tertiary alicyclic amines) is 1. The highest BCUT2D eigenvalue weighted by Crippen LogP contribution is 2.25. The van der Waals surface area contributed by atoms with Gasteiger partial charge in [0.2, 0.25) is 0 Å². The molecule has 10 nitrogen and oxygen atoms in total. The highest BCUT2D eigenvalue weighted by atomic mass is 16.6. The molecule has 1 aliphatic heterocycles. The van der Waals surface area contributed by atoms with Gasteiger partial charge >= 0.3 is 12.2 Å². The summed E-state index contributed by atoms with van der Waals surface area (Å²) in [5, 5.41) is 9.22. The summed E-state index contributed by atoms with van der Waals surface area (Å²) in [6.07, 6.45) is 32.3. The van der Waals surface area contributed by atoms with Crippen LogP contribution in [0.15, 0.2) is 132 Å². The highest BCUT2D eigenvalue weighted by molar-refractivity contribution is 5.79. The van der Waals surface area contributed by atoms with E-state index in [0.29, 0.717) is 26.4 Å². The number of hydrogen-bond donors (Lipinski definition) is 3. The van der Waals surface area contributed by atoms with Gasteiger partial charge in [-0.2, -0.15) is 0 Å². The van der Waals surface area contributed by atoms with Crippen molar-refractivity contribution in [2.45, 2.75) is 84.8 Å². The average Bonchev–Trinajstić information content (AvgIpc) is 3.67. The van der Waals surface area contributed by atoms with Crippen LogP contribution in [0.1, 0.15) is 78.2 Å². The summed E-state index contributed by atoms with van der Waals surface area (Å²) in [5.74, 6) is 0. The van der Waals surface area contributed by atoms with E-state index >= 15 is 0 Å². The molecule has 0 aromatic heterocycles. The number of rotatable bonds is 22. The molecule has 1 aromatic carbocycles. The Morgan fingerprint density at radius 1 is 0.897 bits per heavy atom. The summed E-state index contributed by atoms with van der Waals surface area (Å²) < 4.78 is 23.0. The second-order valence-electron chi connectivity index (χ2n) is 13.7. The Labute approximate surface area is 348 Å². The molecule has 1 unspecified atom stereocenters. The minimum Gasteiger partial charge on any atom is -0.446 e. The summed E-state index contributed by atoms with van der Waals surface area (Å²) in [6, 6.07) is 10.1. The fourth-order valence-electron chi connectivity index (χ4n) is 6.40. The third-order valence-corrected chi connectivity index (χ3v) is 9.54. The number of hydrogen-bond acceptors (Lipinski definition) is 8. The molecule has 1 fully saturated rings. The van der Waals surface area contributed by atoms with E-state index in [1.54, 1.807) is 6.20 Å². The van der Waals surface area contributed by atoms with Gasteiger partial charge in [0.05, 0.1) is 26.4 Å². The Bertz CT molecular complexity index is 1610. The lowest BCUT2D eigenvalue weighted by atomic mass is 10.0. The predicted molar refractivity (Wildman–Crippen MR) is 237 cm³/mol. The molecular formula is C48H68N4O6. The maximum atomic E-state index is 12.8. The number of ether oxygens (including phenoxy) is 4. The quantitative estimate of drug-likeness (QED) is 0.0787. The van der Waals surface area contributed by atoms with Gasteiger partial charge < -0.3 is 29.2 Å². The second kappa shape index (κ2) is 30.4. The van der Waals surface area contributed by atoms with E-state index < -0.39 is 12.2 Å². The van der Waals surface area contributed by atoms with Gasteiger partial charge in [0, 0.05) is 38.1 Å². The Balaban J connectivity index is 0.00000443. The number of amides is 2. The molecule has 0 spiro atoms. The zero-order valence-corrected chi connectivity index (χ0v) is 35.3. The zero-order valence-electron chi connectivity index (χ0n) is 35.3. The Morgan fingerprint density at radius 3 is 2.43 bits per heavy atom. The van der Waals surface area contributed by atoms with Gasteiger partial charge in [0.15, 0.2) is 0 Å². The Kier molecular flexibility index (Phi) is 24.9. The monoisotopic (exact) mass is 797 g/mol. The first-order chi connectivity index (χ1) is 28.6. The molecule has 1 atom stereocenters. The van der Waals surface area contributed by atoms with Crippen molar-refractivity contribution in [2.75, 3.05) is 59.2 Å². The number of alkyl carbamates (subject to hydrolysis) is 2. The van der Waals surface area contributed by atoms with E-state index in [2.05, 4.69) is 51.2 Å². The average molecular weight is 797 g/mol. The standard InChI is InChI=1S/C46H62N4O6.C2H6/c1-3-5-10-22-40(38-18-11-6-7-12-19-38)37-48-45(51)56-42-26-30-50(31-27-42)32-34-54-36-35-53-33-29-47-28-17-23-41(4-2)55-46(52)49-44-25-16-9-15-24-43(44)39-20-13-8-14-21-39;1-2/h3,5-11,13-16,18-22,25,37,41-42,47H,4,12,17,23-24,26-36H2,1-2H3,(H,48,51)(H,49,52);1-2H3/b5-3-,22-10-,40-37-;. The maximum absolute atomic E-state index is 12.8. The van der Waals surface area contributed by atoms with Crippen molar-refractivity contribution in [1.29, 1.82) is 0 Å². The van der Waals surface area contributed by atoms with Crippen molar-refractivity contribution < 1.29 is 28.5 Å². The van der Waals surface area contributed by atoms with Gasteiger partial charge in [-0.3, -0.25) is 10.6 Å². The SMILES string of the molecule is CC.C\C=C/C=C\C(=C\NC(=O)OC1CCN(CCOCCOCCNCCCC(CC)OC(=O)NC2=C(c3ccccc3)CC=CC=C2)CC1)C1=CCC=CC=C1. The minimum absolute atomic E-state index is 0.0995. The van der Waals surface area contributed by atoms with Crippen LogP contribution in [0.25, 0.3) is 5.57 Å². The number of nitrogens with one attached hydrogen (secondary N) is 3. The van der Waals surface area contributed by atoms with Crippen LogP contribution in [0.5, 0.6) is 0 Å². The molecule has 3 N–H and O–H groups in total. The van der Waals surface area contributed by atoms with E-state index in [-0.39, 0.29) is 12.2 Å². The summed E-state index contributed by atoms with van der Waals surface area (Å²) in [6.45, 7) is 14.5. The van der Waals surface area contributed by atoms with Crippen LogP contribution in [0.2, 0.25) is 0 Å². The number of carbonyl (C=O) groups is 2. The molecular weight excluding hydrogens is 729 g/mol. The highest BCUT2D eigenvalue weighted by Gasteiger charge is 2.22. The molecule has 58 heavy (non-hydrogen) atoms. The Hall–Kier alpha value is -4.74. The summed E-state index contributed by atoms with van der Waals surface area (Å²) in [4.78, 5) is 27.7. The lowest BCUT2D eigenvalue weighted by Crippen LogP contribution is -2.40. The molecule has 2 aliphatic carbocycles. The molecule has 0 bridgehead atoms. The van der Waals surface area contributed by atoms with Crippen LogP contribution in [-0.2, 0) is 18.9 Å². The number of allylic oxidation sites excluding steroid dienone is 16. The normalized spacial score (nSPS) is 16.8. The third-order valence-electron chi connectivity index (χ3n) is 9.54. The lowest BCUT2D eigenvalue weighted by Gasteiger charge is -2.31. The van der Waals surface area contributed by atoms with E-state index in [4.69, 9.17) is 18.9 Å². The first-order valence-electron chi connectivity index (χ1n) is 21.2. The van der Waals surface area contributed by atoms with Crippen molar-refractivity contribution in [1.82, 2.24) is 20.9 Å². The van der Waals surface area contributed by atoms with Crippen molar-refractivity contribution in [2.24, 2.45) is 0 Å². The van der Waals surface area contributed by atoms with Crippen molar-refractivity contribution in [3.05, 3.63) is 138 Å². The number of carbonyl (C=O) groups excluding carboxylic acids is 2. The van der Waals surface area contributed by atoms with Crippen LogP contribution >= 0.6 is 0 Å². The third kappa shape index (κ3) is 19.6. The van der Waals surface area contributed by atoms with Crippen molar-refractivity contribution in [3.63, 3.8) is 0 Å². The molecule has 1 aromatic rings. The van der Waals surface area contributed by atoms with Crippen LogP contribution in [0.4, 0.5) is 9.59 Å². The van der Waals surface area contributed by atoms with Crippen LogP contribution in [-0.4, -0.2) is 88.4 Å². The molecule has 0 saturated carbocycles. The summed E-state index contributed by atoms with van der Waals surface area (Å²) >= 11 is 0. The molecule has 1 saturated heterocycles. The molecule has 316 valence electrons. The number of nitrogens with zero attached hydrogens (tertiary/aromatic N) is 1. The molecule has 3 aliphatic rings. The molecule has 2 amide bonds. The summed E-state index contributed by atoms with van der Waals surface area (Å²) in [5.41, 5.74) is 4.88. The lowest BCUT2D eigenvalue weighted by molar-refractivity contribution is 0.0224.